The van der Waals surface area contributed by atoms with E-state index in [4.69, 9.17) is 7.48 Å². The lowest BCUT2D eigenvalue weighted by Crippen LogP contribution is -2.44. The minimum absolute atomic E-state index is 0.263. The summed E-state index contributed by atoms with van der Waals surface area (Å²) in [5.74, 6) is 0.978. The van der Waals surface area contributed by atoms with Crippen molar-refractivity contribution in [2.45, 2.75) is 19.3 Å². The van der Waals surface area contributed by atoms with Gasteiger partial charge in [-0.05, 0) is 56.1 Å². The van der Waals surface area contributed by atoms with E-state index in [0.29, 0.717) is 0 Å². The highest BCUT2D eigenvalue weighted by molar-refractivity contribution is 5.56. The third-order valence-electron chi connectivity index (χ3n) is 4.76. The molecule has 0 amide bonds. The molecule has 21 heavy (non-hydrogen) atoms. The van der Waals surface area contributed by atoms with Crippen molar-refractivity contribution in [3.8, 4) is 5.75 Å². The van der Waals surface area contributed by atoms with Crippen molar-refractivity contribution in [1.29, 1.82) is 0 Å². The number of piperidine rings is 1. The van der Waals surface area contributed by atoms with Crippen molar-refractivity contribution >= 4 is 5.69 Å². The zero-order chi connectivity index (χ0) is 15.9. The van der Waals surface area contributed by atoms with Crippen LogP contribution in [0.5, 0.6) is 5.75 Å². The van der Waals surface area contributed by atoms with Gasteiger partial charge in [0.2, 0.25) is 0 Å². The second-order valence-corrected chi connectivity index (χ2v) is 6.22. The van der Waals surface area contributed by atoms with Gasteiger partial charge in [-0.3, -0.25) is 5.32 Å². The van der Waals surface area contributed by atoms with Crippen LogP contribution in [0.2, 0.25) is 0 Å². The molecule has 2 atom stereocenters. The lowest BCUT2D eigenvalue weighted by atomic mass is 9.73. The van der Waals surface area contributed by atoms with Gasteiger partial charge < -0.3 is 15.0 Å². The SMILES string of the molecule is [2H]C1C=CN(c2ccc3c(c2)CC2(CCNCC2)CO3)C([2H])N1. The molecular weight excluding hydrogens is 262 g/mol. The van der Waals surface area contributed by atoms with Gasteiger partial charge >= 0.3 is 0 Å². The van der Waals surface area contributed by atoms with Crippen LogP contribution in [-0.2, 0) is 6.42 Å². The van der Waals surface area contributed by atoms with E-state index >= 15 is 0 Å². The van der Waals surface area contributed by atoms with Gasteiger partial charge in [0.1, 0.15) is 5.75 Å². The number of benzene rings is 1. The van der Waals surface area contributed by atoms with Gasteiger partial charge in [0.25, 0.3) is 0 Å². The van der Waals surface area contributed by atoms with Gasteiger partial charge in [-0.15, -0.1) is 0 Å². The van der Waals surface area contributed by atoms with Crippen molar-refractivity contribution < 1.29 is 7.48 Å². The Hall–Kier alpha value is -1.52. The topological polar surface area (TPSA) is 36.5 Å². The summed E-state index contributed by atoms with van der Waals surface area (Å²) < 4.78 is 21.8. The average Bonchev–Trinajstić information content (AvgIpc) is 2.55. The van der Waals surface area contributed by atoms with E-state index in [1.807, 2.05) is 23.2 Å². The summed E-state index contributed by atoms with van der Waals surface area (Å²) in [6, 6.07) is 6.17. The summed E-state index contributed by atoms with van der Waals surface area (Å²) in [4.78, 5) is 1.86. The van der Waals surface area contributed by atoms with Crippen molar-refractivity contribution in [1.82, 2.24) is 10.6 Å². The van der Waals surface area contributed by atoms with Crippen LogP contribution in [0.4, 0.5) is 5.69 Å². The third-order valence-corrected chi connectivity index (χ3v) is 4.76. The molecule has 1 aromatic carbocycles. The quantitative estimate of drug-likeness (QED) is 0.827. The molecule has 1 fully saturated rings. The highest BCUT2D eigenvalue weighted by Gasteiger charge is 2.37. The molecule has 0 saturated carbocycles. The highest BCUT2D eigenvalue weighted by atomic mass is 16.5. The molecule has 112 valence electrons. The highest BCUT2D eigenvalue weighted by Crippen LogP contribution is 2.41. The molecule has 0 aliphatic carbocycles. The fraction of sp³-hybridized carbons (Fsp3) is 0.529. The van der Waals surface area contributed by atoms with Gasteiger partial charge in [-0.2, -0.15) is 0 Å². The molecular formula is C17H23N3O. The number of nitrogens with zero attached hydrogens (tertiary/aromatic N) is 1. The molecule has 0 bridgehead atoms. The van der Waals surface area contributed by atoms with E-state index in [1.165, 1.54) is 5.56 Å². The number of fused-ring (bicyclic) bond motifs is 1. The molecule has 4 heteroatoms. The van der Waals surface area contributed by atoms with Crippen molar-refractivity contribution in [3.63, 3.8) is 0 Å². The largest absolute Gasteiger partial charge is 0.493 e. The number of ether oxygens (including phenoxy) is 1. The second kappa shape index (κ2) is 5.35. The maximum absolute atomic E-state index is 8.13. The molecule has 0 aromatic heterocycles. The Labute approximate surface area is 129 Å². The maximum Gasteiger partial charge on any atom is 0.122 e. The first kappa shape index (κ1) is 11.1. The van der Waals surface area contributed by atoms with E-state index < -0.39 is 13.2 Å². The summed E-state index contributed by atoms with van der Waals surface area (Å²) in [5.41, 5.74) is 2.48. The summed E-state index contributed by atoms with van der Waals surface area (Å²) in [6.45, 7) is 1.81. The fourth-order valence-electron chi connectivity index (χ4n) is 3.49. The minimum atomic E-state index is -0.627. The van der Waals surface area contributed by atoms with Crippen molar-refractivity contribution in [2.24, 2.45) is 5.41 Å². The van der Waals surface area contributed by atoms with Crippen LogP contribution in [-0.4, -0.2) is 32.9 Å². The van der Waals surface area contributed by atoms with Gasteiger partial charge in [-0.1, -0.05) is 6.08 Å². The fourth-order valence-corrected chi connectivity index (χ4v) is 3.49. The van der Waals surface area contributed by atoms with Gasteiger partial charge in [0, 0.05) is 25.2 Å². The van der Waals surface area contributed by atoms with E-state index in [2.05, 4.69) is 16.7 Å². The first-order chi connectivity index (χ1) is 11.2. The average molecular weight is 287 g/mol. The summed E-state index contributed by atoms with van der Waals surface area (Å²) >= 11 is 0. The molecule has 1 aromatic rings. The second-order valence-electron chi connectivity index (χ2n) is 6.22. The summed E-state index contributed by atoms with van der Waals surface area (Å²) in [5, 5.41) is 6.33. The predicted molar refractivity (Wildman–Crippen MR) is 84.7 cm³/mol. The van der Waals surface area contributed by atoms with E-state index in [9.17, 15) is 0 Å². The van der Waals surface area contributed by atoms with Crippen molar-refractivity contribution in [2.75, 3.05) is 37.8 Å². The van der Waals surface area contributed by atoms with Gasteiger partial charge in [0.05, 0.1) is 14.6 Å². The monoisotopic (exact) mass is 287 g/mol. The van der Waals surface area contributed by atoms with Crippen LogP contribution >= 0.6 is 0 Å². The molecule has 0 radical (unpaired) electrons. The molecule has 3 aliphatic rings. The van der Waals surface area contributed by atoms with Crippen LogP contribution in [0.25, 0.3) is 0 Å². The Bertz CT molecular complexity index is 616. The Morgan fingerprint density at radius 2 is 2.14 bits per heavy atom. The zero-order valence-corrected chi connectivity index (χ0v) is 12.1. The predicted octanol–water partition coefficient (Wildman–Crippen LogP) is 1.87. The Morgan fingerprint density at radius 1 is 1.24 bits per heavy atom. The first-order valence-electron chi connectivity index (χ1n) is 8.84. The Kier molecular flexibility index (Phi) is 2.83. The minimum Gasteiger partial charge on any atom is -0.493 e. The van der Waals surface area contributed by atoms with E-state index in [0.717, 1.165) is 50.4 Å². The van der Waals surface area contributed by atoms with Crippen LogP contribution in [0, 0.1) is 5.41 Å². The van der Waals surface area contributed by atoms with Crippen LogP contribution in [0.1, 0.15) is 21.1 Å². The standard InChI is InChI=1S/C17H23N3O/c1-6-19-13-20(9-1)15-2-3-16-14(10-15)11-17(12-21-16)4-7-18-8-5-17/h1-3,9-10,18-19H,4-8,11-13H2/i6D,13D. The summed E-state index contributed by atoms with van der Waals surface area (Å²) in [6.07, 6.45) is 6.95. The summed E-state index contributed by atoms with van der Waals surface area (Å²) in [7, 11) is 0. The lowest BCUT2D eigenvalue weighted by molar-refractivity contribution is 0.0851. The number of hydrogen-bond donors (Lipinski definition) is 2. The molecule has 2 N–H and O–H groups in total. The van der Waals surface area contributed by atoms with Gasteiger partial charge in [-0.25, -0.2) is 0 Å². The van der Waals surface area contributed by atoms with Crippen LogP contribution in [0.15, 0.2) is 30.5 Å². The molecule has 3 aliphatic heterocycles. The molecule has 4 nitrogen and oxygen atoms in total. The smallest absolute Gasteiger partial charge is 0.122 e. The number of anilines is 1. The number of hydrogen-bond acceptors (Lipinski definition) is 4. The zero-order valence-electron chi connectivity index (χ0n) is 14.1. The first-order valence-corrected chi connectivity index (χ1v) is 7.69. The lowest BCUT2D eigenvalue weighted by Gasteiger charge is -2.41. The number of nitrogens with one attached hydrogen (secondary N) is 2. The van der Waals surface area contributed by atoms with Gasteiger partial charge in [0.15, 0.2) is 0 Å². The van der Waals surface area contributed by atoms with Crippen LogP contribution < -0.4 is 20.3 Å². The maximum atomic E-state index is 8.13. The van der Waals surface area contributed by atoms with Crippen LogP contribution in [0.3, 0.4) is 0 Å². The number of rotatable bonds is 1. The molecule has 4 rings (SSSR count). The molecule has 1 spiro atoms. The normalized spacial score (nSPS) is 32.1. The Morgan fingerprint density at radius 3 is 3.00 bits per heavy atom. The Balaban J connectivity index is 1.61. The third kappa shape index (κ3) is 2.54. The molecule has 1 saturated heterocycles. The molecule has 2 unspecified atom stereocenters. The van der Waals surface area contributed by atoms with E-state index in [-0.39, 0.29) is 5.41 Å². The molecule has 3 heterocycles. The van der Waals surface area contributed by atoms with E-state index in [1.54, 1.807) is 6.08 Å². The van der Waals surface area contributed by atoms with Crippen molar-refractivity contribution in [3.05, 3.63) is 36.0 Å².